The van der Waals surface area contributed by atoms with Crippen LogP contribution in [0.3, 0.4) is 0 Å². The summed E-state index contributed by atoms with van der Waals surface area (Å²) in [6.07, 6.45) is 0.272. The summed E-state index contributed by atoms with van der Waals surface area (Å²) in [6, 6.07) is 0. The molecule has 0 saturated carbocycles. The normalized spacial score (nSPS) is 13.3. The van der Waals surface area contributed by atoms with Crippen LogP contribution in [0.4, 0.5) is 0 Å². The van der Waals surface area contributed by atoms with Crippen LogP contribution < -0.4 is 0 Å². The van der Waals surface area contributed by atoms with Gasteiger partial charge in [0.1, 0.15) is 6.10 Å². The summed E-state index contributed by atoms with van der Waals surface area (Å²) in [5.41, 5.74) is -0.288. The van der Waals surface area contributed by atoms with Crippen LogP contribution >= 0.6 is 0 Å². The number of ether oxygens (including phenoxy) is 1. The van der Waals surface area contributed by atoms with E-state index in [1.165, 1.54) is 0 Å². The number of carbonyl (C=O) groups is 1. The topological polar surface area (TPSA) is 54.0 Å². The fourth-order valence-corrected chi connectivity index (χ4v) is 3.08. The van der Waals surface area contributed by atoms with Gasteiger partial charge in [0, 0.05) is 18.8 Å². The minimum absolute atomic E-state index is 0.373. The van der Waals surface area contributed by atoms with Gasteiger partial charge in [0.25, 0.3) is 0 Å². The first-order valence-electron chi connectivity index (χ1n) is 7.05. The maximum atomic E-state index is 11.7. The summed E-state index contributed by atoms with van der Waals surface area (Å²) in [7, 11) is -2.21. The van der Waals surface area contributed by atoms with Crippen LogP contribution in [0.15, 0.2) is 12.2 Å². The molecule has 0 N–H and O–H groups in total. The van der Waals surface area contributed by atoms with E-state index in [0.717, 1.165) is 0 Å². The van der Waals surface area contributed by atoms with E-state index < -0.39 is 21.1 Å². The van der Waals surface area contributed by atoms with Crippen molar-refractivity contribution in [2.75, 3.05) is 13.2 Å². The molecule has 0 amide bonds. The summed E-state index contributed by atoms with van der Waals surface area (Å²) in [6.45, 7) is 15.8. The van der Waals surface area contributed by atoms with Crippen LogP contribution in [-0.2, 0) is 22.8 Å². The van der Waals surface area contributed by atoms with E-state index in [0.29, 0.717) is 25.2 Å². The highest BCUT2D eigenvalue weighted by Crippen LogP contribution is 2.23. The molecule has 0 aromatic heterocycles. The van der Waals surface area contributed by atoms with E-state index >= 15 is 0 Å². The molecule has 0 aliphatic carbocycles. The van der Waals surface area contributed by atoms with Gasteiger partial charge < -0.3 is 18.0 Å². The second-order valence-electron chi connectivity index (χ2n) is 5.00. The zero-order valence-electron chi connectivity index (χ0n) is 13.5. The predicted octanol–water partition coefficient (Wildman–Crippen LogP) is 2.47. The van der Waals surface area contributed by atoms with Crippen molar-refractivity contribution in [3.8, 4) is 0 Å². The molecule has 20 heavy (non-hydrogen) atoms. The first-order valence-corrected chi connectivity index (χ1v) is 8.47. The lowest BCUT2D eigenvalue weighted by molar-refractivity contribution is -0.158. The highest BCUT2D eigenvalue weighted by Gasteiger charge is 2.36. The van der Waals surface area contributed by atoms with Crippen molar-refractivity contribution in [2.45, 2.75) is 59.7 Å². The monoisotopic (exact) mass is 304 g/mol. The molecule has 0 aliphatic heterocycles. The van der Waals surface area contributed by atoms with Crippen LogP contribution in [0.25, 0.3) is 0 Å². The molecule has 0 fully saturated rings. The number of esters is 1. The van der Waals surface area contributed by atoms with E-state index in [4.69, 9.17) is 18.0 Å². The number of hydrogen-bond donors (Lipinski definition) is 0. The van der Waals surface area contributed by atoms with Gasteiger partial charge in [-0.25, -0.2) is 4.79 Å². The molecule has 0 saturated heterocycles. The quantitative estimate of drug-likeness (QED) is 0.352. The molecule has 0 aliphatic rings. The Labute approximate surface area is 124 Å². The second kappa shape index (κ2) is 9.28. The van der Waals surface area contributed by atoms with E-state index in [-0.39, 0.29) is 6.10 Å². The van der Waals surface area contributed by atoms with Crippen LogP contribution in [0.1, 0.15) is 48.0 Å². The summed E-state index contributed by atoms with van der Waals surface area (Å²) < 4.78 is 22.4. The Morgan fingerprint density at radius 1 is 1.20 bits per heavy atom. The van der Waals surface area contributed by atoms with Gasteiger partial charge in [0.15, 0.2) is 0 Å². The van der Waals surface area contributed by atoms with Gasteiger partial charge in [0.05, 0.1) is 5.60 Å². The van der Waals surface area contributed by atoms with Crippen LogP contribution in [0.5, 0.6) is 0 Å². The van der Waals surface area contributed by atoms with E-state index in [1.54, 1.807) is 6.92 Å². The zero-order valence-corrected chi connectivity index (χ0v) is 14.7. The van der Waals surface area contributed by atoms with Crippen molar-refractivity contribution >= 4 is 15.5 Å². The van der Waals surface area contributed by atoms with Gasteiger partial charge in [0.2, 0.25) is 0 Å². The lowest BCUT2D eigenvalue weighted by atomic mass is 9.99. The standard InChI is InChI=1S/C14H28O5Si/c1-8-12(18-13(15)11(4)5)14(6,7)19-20(16-9-2)17-10-3/h12,20H,4,8-10H2,1-3,5-7H3. The predicted molar refractivity (Wildman–Crippen MR) is 80.6 cm³/mol. The molecule has 5 nitrogen and oxygen atoms in total. The van der Waals surface area contributed by atoms with Crippen molar-refractivity contribution in [3.63, 3.8) is 0 Å². The Morgan fingerprint density at radius 2 is 1.70 bits per heavy atom. The third kappa shape index (κ3) is 6.65. The highest BCUT2D eigenvalue weighted by molar-refractivity contribution is 6.36. The molecular weight excluding hydrogens is 276 g/mol. The third-order valence-corrected chi connectivity index (χ3v) is 4.76. The summed E-state index contributed by atoms with van der Waals surface area (Å²) in [5.74, 6) is -0.403. The van der Waals surface area contributed by atoms with Crippen molar-refractivity contribution in [2.24, 2.45) is 0 Å². The molecule has 6 heteroatoms. The minimum atomic E-state index is -2.21. The smallest absolute Gasteiger partial charge is 0.456 e. The fourth-order valence-electron chi connectivity index (χ4n) is 1.66. The van der Waals surface area contributed by atoms with Crippen molar-refractivity contribution in [3.05, 3.63) is 12.2 Å². The van der Waals surface area contributed by atoms with E-state index in [9.17, 15) is 4.79 Å². The maximum Gasteiger partial charge on any atom is 0.484 e. The van der Waals surface area contributed by atoms with E-state index in [2.05, 4.69) is 6.58 Å². The third-order valence-electron chi connectivity index (χ3n) is 2.75. The Hall–Kier alpha value is -0.693. The van der Waals surface area contributed by atoms with Gasteiger partial charge in [-0.05, 0) is 41.0 Å². The second-order valence-corrected chi connectivity index (χ2v) is 6.48. The lowest BCUT2D eigenvalue weighted by Crippen LogP contribution is -2.47. The van der Waals surface area contributed by atoms with Crippen LogP contribution in [0.2, 0.25) is 0 Å². The van der Waals surface area contributed by atoms with Gasteiger partial charge in [-0.1, -0.05) is 13.5 Å². The van der Waals surface area contributed by atoms with Crippen LogP contribution in [0, 0.1) is 0 Å². The average Bonchev–Trinajstić information content (AvgIpc) is 2.35. The highest BCUT2D eigenvalue weighted by atomic mass is 28.3. The molecule has 0 rings (SSSR count). The maximum absolute atomic E-state index is 11.7. The minimum Gasteiger partial charge on any atom is -0.456 e. The average molecular weight is 304 g/mol. The van der Waals surface area contributed by atoms with Gasteiger partial charge >= 0.3 is 15.5 Å². The van der Waals surface area contributed by atoms with Crippen molar-refractivity contribution < 1.29 is 22.8 Å². The van der Waals surface area contributed by atoms with Gasteiger partial charge in [-0.3, -0.25) is 0 Å². The molecule has 0 radical (unpaired) electrons. The molecule has 118 valence electrons. The molecule has 1 unspecified atom stereocenters. The number of rotatable bonds is 10. The summed E-state index contributed by atoms with van der Waals surface area (Å²) >= 11 is 0. The van der Waals surface area contributed by atoms with Gasteiger partial charge in [-0.15, -0.1) is 0 Å². The molecule has 0 heterocycles. The van der Waals surface area contributed by atoms with E-state index in [1.807, 2.05) is 34.6 Å². The van der Waals surface area contributed by atoms with Gasteiger partial charge in [-0.2, -0.15) is 0 Å². The fraction of sp³-hybridized carbons (Fsp3) is 0.786. The Morgan fingerprint density at radius 3 is 2.05 bits per heavy atom. The summed E-state index contributed by atoms with van der Waals surface area (Å²) in [4.78, 5) is 11.7. The lowest BCUT2D eigenvalue weighted by Gasteiger charge is -2.35. The molecule has 0 aromatic rings. The molecular formula is C14H28O5Si. The number of hydrogen-bond acceptors (Lipinski definition) is 5. The summed E-state index contributed by atoms with van der Waals surface area (Å²) in [5, 5.41) is 0. The molecule has 0 bridgehead atoms. The Kier molecular flexibility index (Phi) is 8.96. The first kappa shape index (κ1) is 19.3. The zero-order chi connectivity index (χ0) is 15.8. The largest absolute Gasteiger partial charge is 0.484 e. The SMILES string of the molecule is C=C(C)C(=O)OC(CC)C(C)(C)O[SiH](OCC)OCC. The molecule has 1 atom stereocenters. The first-order chi connectivity index (χ1) is 9.28. The Balaban J connectivity index is 4.76. The molecule has 0 spiro atoms. The van der Waals surface area contributed by atoms with Crippen LogP contribution in [-0.4, -0.2) is 40.4 Å². The van der Waals surface area contributed by atoms with Crippen molar-refractivity contribution in [1.29, 1.82) is 0 Å². The Bertz CT molecular complexity index is 311. The molecule has 0 aromatic carbocycles. The van der Waals surface area contributed by atoms with Crippen molar-refractivity contribution in [1.82, 2.24) is 0 Å². The number of carbonyl (C=O) groups excluding carboxylic acids is 1.